The average molecular weight is 476 g/mol. The van der Waals surface area contributed by atoms with Gasteiger partial charge in [0.05, 0.1) is 6.54 Å². The van der Waals surface area contributed by atoms with Crippen molar-refractivity contribution in [3.05, 3.63) is 29.8 Å². The summed E-state index contributed by atoms with van der Waals surface area (Å²) in [5, 5.41) is 9.23. The highest BCUT2D eigenvalue weighted by molar-refractivity contribution is 14.0. The molecule has 0 bridgehead atoms. The smallest absolute Gasteiger partial charge is 0.242 e. The Morgan fingerprint density at radius 2 is 1.96 bits per heavy atom. The van der Waals surface area contributed by atoms with Crippen LogP contribution in [0.4, 0.5) is 0 Å². The average Bonchev–Trinajstić information content (AvgIpc) is 2.48. The van der Waals surface area contributed by atoms with Crippen LogP contribution in [0.3, 0.4) is 0 Å². The second-order valence-electron chi connectivity index (χ2n) is 7.12. The van der Waals surface area contributed by atoms with Gasteiger partial charge in [0.15, 0.2) is 5.96 Å². The van der Waals surface area contributed by atoms with E-state index in [1.165, 1.54) is 0 Å². The maximum absolute atomic E-state index is 11.9. The molecule has 7 heteroatoms. The summed E-state index contributed by atoms with van der Waals surface area (Å²) in [6.45, 7) is 13.2. The Hall–Kier alpha value is -1.51. The van der Waals surface area contributed by atoms with Gasteiger partial charge < -0.3 is 20.7 Å². The van der Waals surface area contributed by atoms with Crippen LogP contribution in [-0.4, -0.2) is 43.1 Å². The second kappa shape index (κ2) is 12.0. The highest BCUT2D eigenvalue weighted by atomic mass is 127. The van der Waals surface area contributed by atoms with Crippen molar-refractivity contribution in [3.63, 3.8) is 0 Å². The zero-order valence-corrected chi connectivity index (χ0v) is 19.0. The van der Waals surface area contributed by atoms with Crippen molar-refractivity contribution in [2.24, 2.45) is 4.99 Å². The third kappa shape index (κ3) is 11.2. The van der Waals surface area contributed by atoms with E-state index < -0.39 is 0 Å². The van der Waals surface area contributed by atoms with Gasteiger partial charge in [0, 0.05) is 12.1 Å². The van der Waals surface area contributed by atoms with Crippen LogP contribution in [0.25, 0.3) is 0 Å². The Balaban J connectivity index is 0.00000625. The van der Waals surface area contributed by atoms with E-state index in [4.69, 9.17) is 4.74 Å². The number of amides is 1. The highest BCUT2D eigenvalue weighted by Gasteiger charge is 2.13. The van der Waals surface area contributed by atoms with Crippen molar-refractivity contribution in [1.82, 2.24) is 16.0 Å². The fourth-order valence-corrected chi connectivity index (χ4v) is 2.15. The highest BCUT2D eigenvalue weighted by Crippen LogP contribution is 2.13. The number of guanidine groups is 1. The summed E-state index contributed by atoms with van der Waals surface area (Å²) < 4.78 is 5.89. The predicted molar refractivity (Wildman–Crippen MR) is 119 cm³/mol. The van der Waals surface area contributed by atoms with Gasteiger partial charge in [0.2, 0.25) is 5.91 Å². The molecule has 0 radical (unpaired) electrons. The zero-order valence-electron chi connectivity index (χ0n) is 16.7. The number of hydrogen-bond acceptors (Lipinski definition) is 3. The number of rotatable bonds is 7. The van der Waals surface area contributed by atoms with Gasteiger partial charge in [-0.2, -0.15) is 0 Å². The van der Waals surface area contributed by atoms with Crippen LogP contribution >= 0.6 is 24.0 Å². The van der Waals surface area contributed by atoms with E-state index in [9.17, 15) is 4.79 Å². The summed E-state index contributed by atoms with van der Waals surface area (Å²) in [6, 6.07) is 7.96. The number of aliphatic imine (C=N–C) groups is 1. The molecule has 1 unspecified atom stereocenters. The van der Waals surface area contributed by atoms with Crippen molar-refractivity contribution in [2.75, 3.05) is 19.6 Å². The molecule has 0 aliphatic heterocycles. The van der Waals surface area contributed by atoms with E-state index in [0.29, 0.717) is 12.5 Å². The molecule has 3 N–H and O–H groups in total. The molecule has 0 saturated carbocycles. The topological polar surface area (TPSA) is 74.8 Å². The lowest BCUT2D eigenvalue weighted by Gasteiger charge is -2.20. The van der Waals surface area contributed by atoms with Crippen molar-refractivity contribution in [2.45, 2.75) is 53.2 Å². The number of carbonyl (C=O) groups excluding carboxylic acids is 1. The van der Waals surface area contributed by atoms with Crippen molar-refractivity contribution in [1.29, 1.82) is 0 Å². The molecule has 148 valence electrons. The third-order valence-electron chi connectivity index (χ3n) is 3.12. The number of hydrogen-bond donors (Lipinski definition) is 3. The van der Waals surface area contributed by atoms with Crippen molar-refractivity contribution < 1.29 is 9.53 Å². The molecule has 0 aliphatic rings. The van der Waals surface area contributed by atoms with Gasteiger partial charge in [-0.3, -0.25) is 4.79 Å². The number of aryl methyl sites for hydroxylation is 1. The van der Waals surface area contributed by atoms with Gasteiger partial charge >= 0.3 is 0 Å². The molecule has 0 fully saturated rings. The number of ether oxygens (including phenoxy) is 1. The fraction of sp³-hybridized carbons (Fsp3) is 0.579. The molecule has 26 heavy (non-hydrogen) atoms. The first-order valence-corrected chi connectivity index (χ1v) is 8.76. The minimum Gasteiger partial charge on any atom is -0.489 e. The Labute approximate surface area is 174 Å². The molecule has 0 aliphatic carbocycles. The van der Waals surface area contributed by atoms with E-state index in [1.807, 2.05) is 65.8 Å². The molecule has 1 aromatic carbocycles. The molecular formula is C19H33IN4O2. The zero-order chi connectivity index (χ0) is 18.9. The summed E-state index contributed by atoms with van der Waals surface area (Å²) >= 11 is 0. The summed E-state index contributed by atoms with van der Waals surface area (Å²) in [4.78, 5) is 16.2. The van der Waals surface area contributed by atoms with Crippen LogP contribution in [0.2, 0.25) is 0 Å². The van der Waals surface area contributed by atoms with Gasteiger partial charge in [0.25, 0.3) is 0 Å². The maximum atomic E-state index is 11.9. The number of carbonyl (C=O) groups is 1. The van der Waals surface area contributed by atoms with Crippen LogP contribution in [0.5, 0.6) is 5.75 Å². The summed E-state index contributed by atoms with van der Waals surface area (Å²) in [5.41, 5.74) is 0.909. The maximum Gasteiger partial charge on any atom is 0.242 e. The molecule has 1 amide bonds. The normalized spacial score (nSPS) is 12.6. The third-order valence-corrected chi connectivity index (χ3v) is 3.12. The minimum atomic E-state index is -0.255. The summed E-state index contributed by atoms with van der Waals surface area (Å²) in [6.07, 6.45) is -0.0333. The van der Waals surface area contributed by atoms with Gasteiger partial charge in [-0.05, 0) is 59.2 Å². The van der Waals surface area contributed by atoms with Crippen LogP contribution in [-0.2, 0) is 4.79 Å². The first-order valence-electron chi connectivity index (χ1n) is 8.76. The van der Waals surface area contributed by atoms with Gasteiger partial charge in [-0.25, -0.2) is 4.99 Å². The second-order valence-corrected chi connectivity index (χ2v) is 7.12. The summed E-state index contributed by atoms with van der Waals surface area (Å²) in [5.74, 6) is 1.35. The van der Waals surface area contributed by atoms with E-state index >= 15 is 0 Å². The first kappa shape index (κ1) is 24.5. The standard InChI is InChI=1S/C19H32N4O2.HI/c1-7-20-18(22-13-17(24)23-19(4,5)6)21-12-15(3)25-16-10-8-9-14(2)11-16;/h8-11,15H,7,12-13H2,1-6H3,(H,23,24)(H2,20,21,22);1H. The fourth-order valence-electron chi connectivity index (χ4n) is 2.15. The van der Waals surface area contributed by atoms with Gasteiger partial charge in [-0.15, -0.1) is 24.0 Å². The van der Waals surface area contributed by atoms with E-state index in [-0.39, 0.29) is 48.1 Å². The van der Waals surface area contributed by atoms with Crippen LogP contribution in [0.1, 0.15) is 40.2 Å². The molecule has 1 aromatic rings. The van der Waals surface area contributed by atoms with Crippen molar-refractivity contribution in [3.8, 4) is 5.75 Å². The quantitative estimate of drug-likeness (QED) is 0.322. The molecule has 0 spiro atoms. The molecule has 1 atom stereocenters. The lowest BCUT2D eigenvalue weighted by molar-refractivity contribution is -0.121. The molecule has 1 rings (SSSR count). The Bertz CT molecular complexity index is 585. The monoisotopic (exact) mass is 476 g/mol. The minimum absolute atomic E-state index is 0. The largest absolute Gasteiger partial charge is 0.489 e. The molecule has 0 saturated heterocycles. The number of nitrogens with zero attached hydrogens (tertiary/aromatic N) is 1. The van der Waals surface area contributed by atoms with E-state index in [0.717, 1.165) is 17.9 Å². The van der Waals surface area contributed by atoms with E-state index in [2.05, 4.69) is 20.9 Å². The van der Waals surface area contributed by atoms with Gasteiger partial charge in [-0.1, -0.05) is 12.1 Å². The van der Waals surface area contributed by atoms with Gasteiger partial charge in [0.1, 0.15) is 18.4 Å². The molecule has 0 heterocycles. The number of benzene rings is 1. The SMILES string of the molecule is CCNC(=NCC(=O)NC(C)(C)C)NCC(C)Oc1cccc(C)c1.I. The lowest BCUT2D eigenvalue weighted by Crippen LogP contribution is -2.44. The molecular weight excluding hydrogens is 443 g/mol. The van der Waals surface area contributed by atoms with Crippen LogP contribution < -0.4 is 20.7 Å². The predicted octanol–water partition coefficient (Wildman–Crippen LogP) is 2.85. The number of halogens is 1. The molecule has 6 nitrogen and oxygen atoms in total. The number of nitrogens with one attached hydrogen (secondary N) is 3. The molecule has 0 aromatic heterocycles. The summed E-state index contributed by atoms with van der Waals surface area (Å²) in [7, 11) is 0. The Morgan fingerprint density at radius 1 is 1.27 bits per heavy atom. The lowest BCUT2D eigenvalue weighted by atomic mass is 10.1. The van der Waals surface area contributed by atoms with E-state index in [1.54, 1.807) is 0 Å². The first-order chi connectivity index (χ1) is 11.7. The van der Waals surface area contributed by atoms with Crippen molar-refractivity contribution >= 4 is 35.8 Å². The van der Waals surface area contributed by atoms with Crippen LogP contribution in [0.15, 0.2) is 29.3 Å². The Morgan fingerprint density at radius 3 is 2.54 bits per heavy atom. The Kier molecular flexibility index (Phi) is 11.3. The van der Waals surface area contributed by atoms with Crippen LogP contribution in [0, 0.1) is 6.92 Å².